The molecule has 0 radical (unpaired) electrons. The summed E-state index contributed by atoms with van der Waals surface area (Å²) in [6, 6.07) is 22.5. The molecule has 1 amide bonds. The number of rotatable bonds is 6. The van der Waals surface area contributed by atoms with E-state index in [1.807, 2.05) is 43.3 Å². The molecule has 1 aromatic heterocycles. The summed E-state index contributed by atoms with van der Waals surface area (Å²) >= 11 is 0. The van der Waals surface area contributed by atoms with Crippen LogP contribution in [0.25, 0.3) is 16.7 Å². The number of benzene rings is 3. The highest BCUT2D eigenvalue weighted by molar-refractivity contribution is 5.97. The van der Waals surface area contributed by atoms with Crippen molar-refractivity contribution in [2.24, 2.45) is 0 Å². The average molecular weight is 401 g/mol. The zero-order chi connectivity index (χ0) is 21.1. The topological polar surface area (TPSA) is 76.4 Å². The Morgan fingerprint density at radius 1 is 1.10 bits per heavy atom. The van der Waals surface area contributed by atoms with E-state index < -0.39 is 6.10 Å². The Balaban J connectivity index is 1.49. The van der Waals surface area contributed by atoms with Crippen LogP contribution < -0.4 is 10.1 Å². The summed E-state index contributed by atoms with van der Waals surface area (Å²) in [7, 11) is 1.59. The van der Waals surface area contributed by atoms with E-state index in [1.165, 1.54) is 0 Å². The molecule has 1 heterocycles. The van der Waals surface area contributed by atoms with Gasteiger partial charge in [0.1, 0.15) is 11.6 Å². The number of hydrogen-bond acceptors (Lipinski definition) is 4. The fourth-order valence-corrected chi connectivity index (χ4v) is 3.48. The van der Waals surface area contributed by atoms with Gasteiger partial charge in [-0.15, -0.1) is 0 Å². The number of nitrogens with one attached hydrogen (secondary N) is 1. The largest absolute Gasteiger partial charge is 0.497 e. The first-order valence-electron chi connectivity index (χ1n) is 9.71. The second-order valence-corrected chi connectivity index (χ2v) is 7.03. The number of fused-ring (bicyclic) bond motifs is 1. The molecule has 152 valence electrons. The molecule has 1 atom stereocenters. The predicted octanol–water partition coefficient (Wildman–Crippen LogP) is 3.81. The number of aliphatic hydroxyl groups excluding tert-OH is 1. The molecule has 30 heavy (non-hydrogen) atoms. The number of aryl methyl sites for hydroxylation is 1. The molecule has 1 unspecified atom stereocenters. The first-order valence-corrected chi connectivity index (χ1v) is 9.71. The first-order chi connectivity index (χ1) is 14.6. The van der Waals surface area contributed by atoms with Gasteiger partial charge in [-0.1, -0.05) is 30.3 Å². The third-order valence-corrected chi connectivity index (χ3v) is 5.06. The summed E-state index contributed by atoms with van der Waals surface area (Å²) in [4.78, 5) is 17.2. The van der Waals surface area contributed by atoms with E-state index in [-0.39, 0.29) is 12.5 Å². The van der Waals surface area contributed by atoms with E-state index in [9.17, 15) is 9.90 Å². The summed E-state index contributed by atoms with van der Waals surface area (Å²) < 4.78 is 7.18. The first kappa shape index (κ1) is 19.7. The summed E-state index contributed by atoms with van der Waals surface area (Å²) in [5, 5.41) is 13.1. The molecule has 0 saturated heterocycles. The number of methoxy groups -OCH3 is 1. The molecule has 0 saturated carbocycles. The second-order valence-electron chi connectivity index (χ2n) is 7.03. The lowest BCUT2D eigenvalue weighted by atomic mass is 10.1. The Morgan fingerprint density at radius 2 is 1.83 bits per heavy atom. The van der Waals surface area contributed by atoms with Gasteiger partial charge in [-0.05, 0) is 55.0 Å². The van der Waals surface area contributed by atoms with Crippen LogP contribution in [0.3, 0.4) is 0 Å². The van der Waals surface area contributed by atoms with E-state index in [1.54, 1.807) is 43.5 Å². The summed E-state index contributed by atoms with van der Waals surface area (Å²) in [5.74, 6) is 1.31. The average Bonchev–Trinajstić information content (AvgIpc) is 3.12. The minimum absolute atomic E-state index is 0.112. The predicted molar refractivity (Wildman–Crippen MR) is 116 cm³/mol. The van der Waals surface area contributed by atoms with E-state index in [2.05, 4.69) is 14.9 Å². The number of aliphatic hydroxyl groups is 1. The van der Waals surface area contributed by atoms with E-state index >= 15 is 0 Å². The van der Waals surface area contributed by atoms with Gasteiger partial charge in [0.15, 0.2) is 0 Å². The van der Waals surface area contributed by atoms with Crippen LogP contribution in [-0.4, -0.2) is 34.2 Å². The Labute approximate surface area is 174 Å². The Morgan fingerprint density at radius 3 is 2.53 bits per heavy atom. The van der Waals surface area contributed by atoms with Gasteiger partial charge in [0.25, 0.3) is 5.91 Å². The maximum atomic E-state index is 12.6. The van der Waals surface area contributed by atoms with Crippen molar-refractivity contribution in [2.45, 2.75) is 13.0 Å². The molecular formula is C24H23N3O3. The summed E-state index contributed by atoms with van der Waals surface area (Å²) in [6.07, 6.45) is -0.803. The minimum atomic E-state index is -0.803. The number of aromatic nitrogens is 2. The summed E-state index contributed by atoms with van der Waals surface area (Å²) in [6.45, 7) is 2.05. The van der Waals surface area contributed by atoms with Gasteiger partial charge in [-0.25, -0.2) is 4.98 Å². The molecule has 6 nitrogen and oxygen atoms in total. The van der Waals surface area contributed by atoms with E-state index in [0.717, 1.165) is 22.5 Å². The Hall–Kier alpha value is -3.64. The zero-order valence-electron chi connectivity index (χ0n) is 16.9. The number of para-hydroxylation sites is 1. The van der Waals surface area contributed by atoms with Gasteiger partial charge in [-0.3, -0.25) is 9.36 Å². The third-order valence-electron chi connectivity index (χ3n) is 5.06. The molecule has 0 spiro atoms. The number of carbonyl (C=O) groups excluding carboxylic acids is 1. The standard InChI is InChI=1S/C24H23N3O3/c1-16-26-21-14-18(10-13-22(21)27(16)19-6-4-3-5-7-19)24(29)25-15-23(28)17-8-11-20(30-2)12-9-17/h3-14,23,28H,15H2,1-2H3,(H,25,29). The van der Waals surface area contributed by atoms with Gasteiger partial charge in [0.05, 0.1) is 24.2 Å². The lowest BCUT2D eigenvalue weighted by molar-refractivity contribution is 0.0916. The molecule has 4 rings (SSSR count). The number of ether oxygens (including phenoxy) is 1. The van der Waals surface area contributed by atoms with Gasteiger partial charge >= 0.3 is 0 Å². The number of nitrogens with zero attached hydrogens (tertiary/aromatic N) is 2. The minimum Gasteiger partial charge on any atom is -0.497 e. The summed E-state index contributed by atoms with van der Waals surface area (Å²) in [5.41, 5.74) is 3.93. The zero-order valence-corrected chi connectivity index (χ0v) is 16.9. The maximum absolute atomic E-state index is 12.6. The second kappa shape index (κ2) is 8.39. The van der Waals surface area contributed by atoms with Crippen LogP contribution in [0, 0.1) is 6.92 Å². The maximum Gasteiger partial charge on any atom is 0.251 e. The normalized spacial score (nSPS) is 12.0. The van der Waals surface area contributed by atoms with Gasteiger partial charge in [0, 0.05) is 17.8 Å². The number of carbonyl (C=O) groups is 1. The number of imidazole rings is 1. The monoisotopic (exact) mass is 401 g/mol. The van der Waals surface area contributed by atoms with Crippen LogP contribution in [0.5, 0.6) is 5.75 Å². The molecule has 0 aliphatic carbocycles. The van der Waals surface area contributed by atoms with Crippen LogP contribution in [0.4, 0.5) is 0 Å². The molecule has 3 aromatic carbocycles. The van der Waals surface area contributed by atoms with Crippen molar-refractivity contribution in [3.63, 3.8) is 0 Å². The van der Waals surface area contributed by atoms with Crippen molar-refractivity contribution >= 4 is 16.9 Å². The van der Waals surface area contributed by atoms with Crippen LogP contribution in [0.1, 0.15) is 27.8 Å². The van der Waals surface area contributed by atoms with Crippen molar-refractivity contribution in [2.75, 3.05) is 13.7 Å². The fourth-order valence-electron chi connectivity index (χ4n) is 3.48. The number of amides is 1. The highest BCUT2D eigenvalue weighted by Gasteiger charge is 2.14. The van der Waals surface area contributed by atoms with Crippen molar-refractivity contribution in [1.29, 1.82) is 0 Å². The smallest absolute Gasteiger partial charge is 0.251 e. The fraction of sp³-hybridized carbons (Fsp3) is 0.167. The van der Waals surface area contributed by atoms with E-state index in [0.29, 0.717) is 16.9 Å². The molecule has 0 aliphatic rings. The van der Waals surface area contributed by atoms with Crippen molar-refractivity contribution < 1.29 is 14.6 Å². The number of hydrogen-bond donors (Lipinski definition) is 2. The van der Waals surface area contributed by atoms with Gasteiger partial charge in [-0.2, -0.15) is 0 Å². The highest BCUT2D eigenvalue weighted by Crippen LogP contribution is 2.22. The molecule has 0 bridgehead atoms. The highest BCUT2D eigenvalue weighted by atomic mass is 16.5. The van der Waals surface area contributed by atoms with Crippen LogP contribution in [-0.2, 0) is 0 Å². The van der Waals surface area contributed by atoms with E-state index in [4.69, 9.17) is 4.74 Å². The van der Waals surface area contributed by atoms with Gasteiger partial charge in [0.2, 0.25) is 0 Å². The third kappa shape index (κ3) is 3.90. The SMILES string of the molecule is COc1ccc(C(O)CNC(=O)c2ccc3c(c2)nc(C)n3-c2ccccc2)cc1. The lowest BCUT2D eigenvalue weighted by Gasteiger charge is -2.13. The molecule has 4 aromatic rings. The Bertz CT molecular complexity index is 1170. The van der Waals surface area contributed by atoms with Crippen LogP contribution in [0.2, 0.25) is 0 Å². The van der Waals surface area contributed by atoms with Crippen LogP contribution >= 0.6 is 0 Å². The lowest BCUT2D eigenvalue weighted by Crippen LogP contribution is -2.28. The molecule has 0 fully saturated rings. The Kier molecular flexibility index (Phi) is 5.50. The van der Waals surface area contributed by atoms with Crippen molar-refractivity contribution in [3.8, 4) is 11.4 Å². The molecule has 0 aliphatic heterocycles. The molecular weight excluding hydrogens is 378 g/mol. The van der Waals surface area contributed by atoms with Gasteiger partial charge < -0.3 is 15.2 Å². The molecule has 2 N–H and O–H groups in total. The van der Waals surface area contributed by atoms with Crippen molar-refractivity contribution in [3.05, 3.63) is 89.7 Å². The molecule has 6 heteroatoms. The van der Waals surface area contributed by atoms with Crippen molar-refractivity contribution in [1.82, 2.24) is 14.9 Å². The van der Waals surface area contributed by atoms with Crippen LogP contribution in [0.15, 0.2) is 72.8 Å². The quantitative estimate of drug-likeness (QED) is 0.515.